The van der Waals surface area contributed by atoms with Gasteiger partial charge in [0.05, 0.1) is 11.4 Å². The monoisotopic (exact) mass is 314 g/mol. The summed E-state index contributed by atoms with van der Waals surface area (Å²) >= 11 is 0. The molecule has 118 valence electrons. The Morgan fingerprint density at radius 1 is 1.13 bits per heavy atom. The van der Waals surface area contributed by atoms with Gasteiger partial charge < -0.3 is 4.74 Å². The van der Waals surface area contributed by atoms with Crippen molar-refractivity contribution in [2.45, 2.75) is 13.8 Å². The number of aryl methyl sites for hydroxylation is 2. The van der Waals surface area contributed by atoms with Crippen molar-refractivity contribution in [2.75, 3.05) is 0 Å². The smallest absolute Gasteiger partial charge is 0.364 e. The van der Waals surface area contributed by atoms with Crippen LogP contribution in [0.2, 0.25) is 0 Å². The summed E-state index contributed by atoms with van der Waals surface area (Å²) in [4.78, 5) is 12.2. The van der Waals surface area contributed by atoms with Gasteiger partial charge in [-0.15, -0.1) is 0 Å². The number of benzene rings is 1. The summed E-state index contributed by atoms with van der Waals surface area (Å²) in [7, 11) is 1.78. The number of carbonyl (C=O) groups excluding carboxylic acids is 1. The van der Waals surface area contributed by atoms with E-state index in [1.807, 2.05) is 6.92 Å². The van der Waals surface area contributed by atoms with E-state index >= 15 is 0 Å². The lowest BCUT2D eigenvalue weighted by Gasteiger charge is -2.03. The Balaban J connectivity index is 1.82. The van der Waals surface area contributed by atoms with Gasteiger partial charge >= 0.3 is 5.97 Å². The molecule has 0 amide bonds. The van der Waals surface area contributed by atoms with Crippen LogP contribution in [0.5, 0.6) is 5.75 Å². The van der Waals surface area contributed by atoms with Crippen molar-refractivity contribution >= 4 is 5.97 Å². The number of carbonyl (C=O) groups is 1. The van der Waals surface area contributed by atoms with Crippen LogP contribution in [0.3, 0.4) is 0 Å². The maximum atomic E-state index is 12.9. The van der Waals surface area contributed by atoms with Crippen molar-refractivity contribution in [1.82, 2.24) is 19.6 Å². The number of halogens is 1. The molecule has 0 atom stereocenters. The molecular weight excluding hydrogens is 299 g/mol. The van der Waals surface area contributed by atoms with Crippen LogP contribution in [0.1, 0.15) is 21.9 Å². The van der Waals surface area contributed by atoms with E-state index in [0.29, 0.717) is 17.1 Å². The van der Waals surface area contributed by atoms with Gasteiger partial charge in [0.25, 0.3) is 0 Å². The third kappa shape index (κ3) is 2.85. The van der Waals surface area contributed by atoms with E-state index in [0.717, 1.165) is 5.69 Å². The maximum absolute atomic E-state index is 12.9. The minimum atomic E-state index is -0.565. The molecule has 7 heteroatoms. The maximum Gasteiger partial charge on any atom is 0.364 e. The quantitative estimate of drug-likeness (QED) is 0.697. The number of esters is 1. The molecule has 0 spiro atoms. The highest BCUT2D eigenvalue weighted by atomic mass is 19.1. The first-order valence-electron chi connectivity index (χ1n) is 6.99. The van der Waals surface area contributed by atoms with E-state index in [4.69, 9.17) is 4.74 Å². The van der Waals surface area contributed by atoms with E-state index in [2.05, 4.69) is 10.2 Å². The first-order valence-corrected chi connectivity index (χ1v) is 6.99. The fourth-order valence-electron chi connectivity index (χ4n) is 2.22. The topological polar surface area (TPSA) is 61.9 Å². The van der Waals surface area contributed by atoms with Crippen LogP contribution in [0.15, 0.2) is 36.5 Å². The molecule has 0 aliphatic carbocycles. The van der Waals surface area contributed by atoms with Crippen LogP contribution in [-0.2, 0) is 7.05 Å². The van der Waals surface area contributed by atoms with Crippen molar-refractivity contribution in [1.29, 1.82) is 0 Å². The predicted molar refractivity (Wildman–Crippen MR) is 81.2 cm³/mol. The Bertz CT molecular complexity index is 865. The van der Waals surface area contributed by atoms with Gasteiger partial charge in [-0.05, 0) is 44.2 Å². The molecule has 0 N–H and O–H groups in total. The molecule has 6 nitrogen and oxygen atoms in total. The number of hydrogen-bond donors (Lipinski definition) is 0. The summed E-state index contributed by atoms with van der Waals surface area (Å²) in [5.74, 6) is -0.457. The molecule has 3 aromatic rings. The number of nitrogens with zero attached hydrogens (tertiary/aromatic N) is 4. The molecule has 2 aromatic heterocycles. The highest BCUT2D eigenvalue weighted by Crippen LogP contribution is 2.22. The van der Waals surface area contributed by atoms with Gasteiger partial charge in [0.2, 0.25) is 0 Å². The molecule has 0 aliphatic rings. The molecule has 0 aliphatic heterocycles. The lowest BCUT2D eigenvalue weighted by Crippen LogP contribution is -2.11. The fraction of sp³-hybridized carbons (Fsp3) is 0.188. The van der Waals surface area contributed by atoms with Crippen molar-refractivity contribution in [2.24, 2.45) is 7.05 Å². The third-order valence-corrected chi connectivity index (χ3v) is 3.53. The average molecular weight is 314 g/mol. The molecular formula is C16H15FN4O2. The van der Waals surface area contributed by atoms with Crippen LogP contribution in [-0.4, -0.2) is 25.5 Å². The summed E-state index contributed by atoms with van der Waals surface area (Å²) in [5.41, 5.74) is 2.21. The Hall–Kier alpha value is -2.96. The van der Waals surface area contributed by atoms with Crippen molar-refractivity contribution < 1.29 is 13.9 Å². The molecule has 0 saturated heterocycles. The number of ether oxygens (including phenoxy) is 1. The molecule has 3 rings (SSSR count). The molecule has 0 unspecified atom stereocenters. The van der Waals surface area contributed by atoms with Crippen LogP contribution in [0.4, 0.5) is 4.39 Å². The van der Waals surface area contributed by atoms with E-state index in [-0.39, 0.29) is 11.5 Å². The van der Waals surface area contributed by atoms with Crippen molar-refractivity contribution in [3.63, 3.8) is 0 Å². The summed E-state index contributed by atoms with van der Waals surface area (Å²) in [5, 5.41) is 8.36. The van der Waals surface area contributed by atoms with Crippen molar-refractivity contribution in [3.8, 4) is 11.4 Å². The summed E-state index contributed by atoms with van der Waals surface area (Å²) in [6.45, 7) is 3.59. The number of rotatable bonds is 3. The third-order valence-electron chi connectivity index (χ3n) is 3.53. The SMILES string of the molecule is Cc1nn(C)c(C)c1OC(=O)c1ccn(-c2ccc(F)cc2)n1. The first kappa shape index (κ1) is 15.0. The Morgan fingerprint density at radius 3 is 2.43 bits per heavy atom. The molecule has 2 heterocycles. The van der Waals surface area contributed by atoms with Gasteiger partial charge in [-0.1, -0.05) is 0 Å². The number of aromatic nitrogens is 4. The summed E-state index contributed by atoms with van der Waals surface area (Å²) < 4.78 is 21.5. The van der Waals surface area contributed by atoms with E-state index < -0.39 is 5.97 Å². The fourth-order valence-corrected chi connectivity index (χ4v) is 2.22. The minimum Gasteiger partial charge on any atom is -0.418 e. The molecule has 23 heavy (non-hydrogen) atoms. The van der Waals surface area contributed by atoms with Crippen LogP contribution in [0, 0.1) is 19.7 Å². The summed E-state index contributed by atoms with van der Waals surface area (Å²) in [6, 6.07) is 7.36. The van der Waals surface area contributed by atoms with E-state index in [1.165, 1.54) is 16.8 Å². The lowest BCUT2D eigenvalue weighted by atomic mass is 10.3. The average Bonchev–Trinajstić information content (AvgIpc) is 3.09. The second-order valence-corrected chi connectivity index (χ2v) is 5.14. The molecule has 0 fully saturated rings. The zero-order chi connectivity index (χ0) is 16.6. The molecule has 1 aromatic carbocycles. The standard InChI is InChI=1S/C16H15FN4O2/c1-10-15(11(2)20(3)18-10)23-16(22)14-8-9-21(19-14)13-6-4-12(17)5-7-13/h4-9H,1-3H3. The normalized spacial score (nSPS) is 10.8. The Kier molecular flexibility index (Phi) is 3.69. The zero-order valence-electron chi connectivity index (χ0n) is 12.9. The van der Waals surface area contributed by atoms with Gasteiger partial charge in [-0.25, -0.2) is 13.9 Å². The second-order valence-electron chi connectivity index (χ2n) is 5.14. The van der Waals surface area contributed by atoms with Gasteiger partial charge in [-0.2, -0.15) is 10.2 Å². The van der Waals surface area contributed by atoms with Crippen LogP contribution < -0.4 is 4.74 Å². The van der Waals surface area contributed by atoms with Crippen LogP contribution in [0.25, 0.3) is 5.69 Å². The summed E-state index contributed by atoms with van der Waals surface area (Å²) in [6.07, 6.45) is 1.62. The Labute approximate surface area is 132 Å². The van der Waals surface area contributed by atoms with Gasteiger partial charge in [0.1, 0.15) is 11.5 Å². The van der Waals surface area contributed by atoms with E-state index in [1.54, 1.807) is 43.0 Å². The zero-order valence-corrected chi connectivity index (χ0v) is 12.9. The van der Waals surface area contributed by atoms with Crippen molar-refractivity contribution in [3.05, 3.63) is 59.4 Å². The number of hydrogen-bond acceptors (Lipinski definition) is 4. The highest BCUT2D eigenvalue weighted by molar-refractivity contribution is 5.89. The van der Waals surface area contributed by atoms with Gasteiger partial charge in [0, 0.05) is 13.2 Å². The molecule has 0 saturated carbocycles. The van der Waals surface area contributed by atoms with E-state index in [9.17, 15) is 9.18 Å². The lowest BCUT2D eigenvalue weighted by molar-refractivity contribution is 0.0725. The van der Waals surface area contributed by atoms with Gasteiger partial charge in [0.15, 0.2) is 11.4 Å². The predicted octanol–water partition coefficient (Wildman–Crippen LogP) is 2.58. The minimum absolute atomic E-state index is 0.164. The molecule has 0 bridgehead atoms. The second kappa shape index (κ2) is 5.68. The first-order chi connectivity index (χ1) is 11.0. The highest BCUT2D eigenvalue weighted by Gasteiger charge is 2.18. The van der Waals surface area contributed by atoms with Gasteiger partial charge in [-0.3, -0.25) is 4.68 Å². The largest absolute Gasteiger partial charge is 0.418 e. The van der Waals surface area contributed by atoms with Crippen LogP contribution >= 0.6 is 0 Å². The Morgan fingerprint density at radius 2 is 1.83 bits per heavy atom. The molecule has 0 radical (unpaired) electrons.